The number of rotatable bonds is 18. The molecule has 0 aromatic heterocycles. The van der Waals surface area contributed by atoms with Crippen LogP contribution in [0, 0.1) is 23.7 Å². The Kier molecular flexibility index (Phi) is 16.7. The van der Waals surface area contributed by atoms with Crippen LogP contribution in [-0.2, 0) is 41.7 Å². The number of methoxy groups -OCH3 is 1. The van der Waals surface area contributed by atoms with Crippen molar-refractivity contribution in [2.24, 2.45) is 23.7 Å². The largest absolute Gasteiger partial charge is 0.467 e. The number of alkyl carbamates (subject to hydrolysis) is 1. The lowest BCUT2D eigenvalue weighted by molar-refractivity contribution is -0.147. The van der Waals surface area contributed by atoms with Crippen LogP contribution >= 0.6 is 0 Å². The van der Waals surface area contributed by atoms with Crippen molar-refractivity contribution >= 4 is 29.8 Å². The SMILES string of the molecule is COC(=O)[C@@H](NC(=O)[C@@H](NC(=O)[C@H](C[C@H](O)[C@H](Cc1ccccc1)NC(=O)[C@H](C)NC(=O)OCc1ccccc1)C(C)C)C(C)C)C(C)C. The average molecular weight is 683 g/mol. The second-order valence-electron chi connectivity index (χ2n) is 13.4. The molecule has 0 spiro atoms. The van der Waals surface area contributed by atoms with Gasteiger partial charge in [0.15, 0.2) is 0 Å². The van der Waals surface area contributed by atoms with Crippen LogP contribution in [0.1, 0.15) is 66.0 Å². The van der Waals surface area contributed by atoms with E-state index < -0.39 is 66.0 Å². The van der Waals surface area contributed by atoms with Crippen LogP contribution in [0.5, 0.6) is 0 Å². The first kappa shape index (κ1) is 40.7. The van der Waals surface area contributed by atoms with Gasteiger partial charge in [0, 0.05) is 5.92 Å². The quantitative estimate of drug-likeness (QED) is 0.149. The maximum atomic E-state index is 13.7. The zero-order chi connectivity index (χ0) is 36.7. The summed E-state index contributed by atoms with van der Waals surface area (Å²) in [5, 5.41) is 22.5. The van der Waals surface area contributed by atoms with E-state index in [1.54, 1.807) is 27.7 Å². The van der Waals surface area contributed by atoms with Gasteiger partial charge < -0.3 is 35.8 Å². The second-order valence-corrected chi connectivity index (χ2v) is 13.4. The molecule has 0 unspecified atom stereocenters. The molecule has 0 aliphatic carbocycles. The van der Waals surface area contributed by atoms with Gasteiger partial charge in [-0.1, -0.05) is 102 Å². The summed E-state index contributed by atoms with van der Waals surface area (Å²) in [6, 6.07) is 14.8. The van der Waals surface area contributed by atoms with Crippen molar-refractivity contribution in [1.29, 1.82) is 0 Å². The fraction of sp³-hybridized carbons (Fsp3) is 0.541. The number of carbonyl (C=O) groups is 5. The van der Waals surface area contributed by atoms with Gasteiger partial charge in [0.05, 0.1) is 19.3 Å². The van der Waals surface area contributed by atoms with E-state index in [1.807, 2.05) is 74.5 Å². The van der Waals surface area contributed by atoms with Crippen molar-refractivity contribution in [3.63, 3.8) is 0 Å². The average Bonchev–Trinajstić information content (AvgIpc) is 3.06. The molecule has 0 bridgehead atoms. The van der Waals surface area contributed by atoms with E-state index in [1.165, 1.54) is 14.0 Å². The predicted octanol–water partition coefficient (Wildman–Crippen LogP) is 3.51. The number of benzene rings is 2. The molecule has 4 amide bonds. The molecule has 0 fully saturated rings. The monoisotopic (exact) mass is 682 g/mol. The van der Waals surface area contributed by atoms with Gasteiger partial charge in [-0.2, -0.15) is 0 Å². The minimum atomic E-state index is -1.17. The van der Waals surface area contributed by atoms with Crippen molar-refractivity contribution < 1.29 is 38.6 Å². The number of ether oxygens (including phenoxy) is 2. The van der Waals surface area contributed by atoms with Crippen LogP contribution in [0.2, 0.25) is 0 Å². The molecular formula is C37H54N4O8. The zero-order valence-corrected chi connectivity index (χ0v) is 29.9. The molecule has 0 saturated carbocycles. The van der Waals surface area contributed by atoms with Gasteiger partial charge in [-0.05, 0) is 48.6 Å². The number of aliphatic hydroxyl groups excluding tert-OH is 1. The van der Waals surface area contributed by atoms with Crippen LogP contribution in [0.3, 0.4) is 0 Å². The first-order chi connectivity index (χ1) is 23.1. The summed E-state index contributed by atoms with van der Waals surface area (Å²) in [6.07, 6.45) is -1.70. The van der Waals surface area contributed by atoms with E-state index in [0.29, 0.717) is 0 Å². The lowest BCUT2D eigenvalue weighted by Gasteiger charge is -2.31. The van der Waals surface area contributed by atoms with E-state index in [2.05, 4.69) is 21.3 Å². The molecule has 2 rings (SSSR count). The summed E-state index contributed by atoms with van der Waals surface area (Å²) in [7, 11) is 1.25. The van der Waals surface area contributed by atoms with Crippen LogP contribution in [-0.4, -0.2) is 72.3 Å². The molecule has 5 N–H and O–H groups in total. The van der Waals surface area contributed by atoms with Gasteiger partial charge >= 0.3 is 12.1 Å². The third-order valence-electron chi connectivity index (χ3n) is 8.33. The molecular weight excluding hydrogens is 628 g/mol. The van der Waals surface area contributed by atoms with Gasteiger partial charge in [-0.15, -0.1) is 0 Å². The molecule has 6 atom stereocenters. The molecule has 0 heterocycles. The molecule has 0 aliphatic heterocycles. The Morgan fingerprint density at radius 3 is 1.69 bits per heavy atom. The molecule has 12 nitrogen and oxygen atoms in total. The summed E-state index contributed by atoms with van der Waals surface area (Å²) in [5.41, 5.74) is 1.65. The lowest BCUT2D eigenvalue weighted by atomic mass is 9.85. The highest BCUT2D eigenvalue weighted by atomic mass is 16.5. The zero-order valence-electron chi connectivity index (χ0n) is 29.9. The van der Waals surface area contributed by atoms with Crippen LogP contribution < -0.4 is 21.3 Å². The van der Waals surface area contributed by atoms with Crippen LogP contribution in [0.15, 0.2) is 60.7 Å². The number of amides is 4. The molecule has 0 aliphatic rings. The molecule has 0 saturated heterocycles. The highest BCUT2D eigenvalue weighted by Crippen LogP contribution is 2.22. The number of hydrogen-bond donors (Lipinski definition) is 5. The third-order valence-corrected chi connectivity index (χ3v) is 8.33. The fourth-order valence-corrected chi connectivity index (χ4v) is 5.24. The fourth-order valence-electron chi connectivity index (χ4n) is 5.24. The number of hydrogen-bond acceptors (Lipinski definition) is 8. The van der Waals surface area contributed by atoms with Crippen molar-refractivity contribution in [3.8, 4) is 0 Å². The van der Waals surface area contributed by atoms with Gasteiger partial charge in [0.2, 0.25) is 17.7 Å². The molecule has 2 aromatic carbocycles. The predicted molar refractivity (Wildman–Crippen MR) is 186 cm³/mol. The summed E-state index contributed by atoms with van der Waals surface area (Å²) < 4.78 is 10.1. The number of aliphatic hydroxyl groups is 1. The Bertz CT molecular complexity index is 1350. The summed E-state index contributed by atoms with van der Waals surface area (Å²) in [4.78, 5) is 64.9. The normalized spacial score (nSPS) is 14.9. The van der Waals surface area contributed by atoms with Gasteiger partial charge in [0.25, 0.3) is 0 Å². The van der Waals surface area contributed by atoms with E-state index in [9.17, 15) is 29.1 Å². The molecule has 2 aromatic rings. The topological polar surface area (TPSA) is 172 Å². The summed E-state index contributed by atoms with van der Waals surface area (Å²) in [5.74, 6) is -3.61. The Labute approximate surface area is 290 Å². The van der Waals surface area contributed by atoms with Crippen LogP contribution in [0.4, 0.5) is 4.79 Å². The maximum Gasteiger partial charge on any atom is 0.408 e. The van der Waals surface area contributed by atoms with Crippen molar-refractivity contribution in [3.05, 3.63) is 71.8 Å². The highest BCUT2D eigenvalue weighted by Gasteiger charge is 2.35. The molecule has 0 radical (unpaired) electrons. The Balaban J connectivity index is 2.17. The van der Waals surface area contributed by atoms with Gasteiger partial charge in [0.1, 0.15) is 24.7 Å². The highest BCUT2D eigenvalue weighted by molar-refractivity contribution is 5.91. The Hall–Kier alpha value is -4.45. The first-order valence-electron chi connectivity index (χ1n) is 16.8. The van der Waals surface area contributed by atoms with E-state index in [4.69, 9.17) is 9.47 Å². The smallest absolute Gasteiger partial charge is 0.408 e. The minimum Gasteiger partial charge on any atom is -0.467 e. The Morgan fingerprint density at radius 1 is 0.653 bits per heavy atom. The molecule has 49 heavy (non-hydrogen) atoms. The summed E-state index contributed by atoms with van der Waals surface area (Å²) >= 11 is 0. The minimum absolute atomic E-state index is 0.0224. The second kappa shape index (κ2) is 20.2. The van der Waals surface area contributed by atoms with Gasteiger partial charge in [-0.3, -0.25) is 14.4 Å². The number of nitrogens with one attached hydrogen (secondary N) is 4. The van der Waals surface area contributed by atoms with Crippen molar-refractivity contribution in [1.82, 2.24) is 21.3 Å². The van der Waals surface area contributed by atoms with E-state index in [-0.39, 0.29) is 37.2 Å². The van der Waals surface area contributed by atoms with Gasteiger partial charge in [-0.25, -0.2) is 9.59 Å². The molecule has 270 valence electrons. The maximum absolute atomic E-state index is 13.7. The Morgan fingerprint density at radius 2 is 1.18 bits per heavy atom. The third kappa shape index (κ3) is 13.5. The number of carbonyl (C=O) groups excluding carboxylic acids is 5. The lowest BCUT2D eigenvalue weighted by Crippen LogP contribution is -2.56. The van der Waals surface area contributed by atoms with Crippen molar-refractivity contribution in [2.45, 2.75) is 98.2 Å². The van der Waals surface area contributed by atoms with E-state index >= 15 is 0 Å². The standard InChI is InChI=1S/C37H54N4O8/c1-22(2)28(34(44)40-31(23(3)4)35(45)41-32(24(5)6)36(46)48-8)20-30(42)29(19-26-15-11-9-12-16-26)39-33(43)25(7)38-37(47)49-21-27-17-13-10-14-18-27/h9-18,22-25,28-32,42H,19-21H2,1-8H3,(H,38,47)(H,39,43)(H,40,44)(H,41,45)/t25-,28+,29-,30-,31-,32-/m0/s1. The molecule has 12 heteroatoms. The number of esters is 1. The summed E-state index contributed by atoms with van der Waals surface area (Å²) in [6.45, 7) is 12.3. The first-order valence-corrected chi connectivity index (χ1v) is 16.8. The van der Waals surface area contributed by atoms with E-state index in [0.717, 1.165) is 11.1 Å². The van der Waals surface area contributed by atoms with Crippen molar-refractivity contribution in [2.75, 3.05) is 7.11 Å². The van der Waals surface area contributed by atoms with Crippen LogP contribution in [0.25, 0.3) is 0 Å².